The summed E-state index contributed by atoms with van der Waals surface area (Å²) < 4.78 is 5.07. The minimum absolute atomic E-state index is 0.0974. The Morgan fingerprint density at radius 3 is 2.62 bits per heavy atom. The molecule has 1 aromatic carbocycles. The summed E-state index contributed by atoms with van der Waals surface area (Å²) in [5, 5.41) is 2.51. The lowest BCUT2D eigenvalue weighted by Gasteiger charge is -2.20. The summed E-state index contributed by atoms with van der Waals surface area (Å²) in [6.45, 7) is 3.85. The lowest BCUT2D eigenvalue weighted by atomic mass is 9.96. The highest BCUT2D eigenvalue weighted by atomic mass is 16.5. The molecule has 6 heteroatoms. The highest BCUT2D eigenvalue weighted by Crippen LogP contribution is 2.09. The fraction of sp³-hybridized carbons (Fsp3) is 0.400. The van der Waals surface area contributed by atoms with Crippen molar-refractivity contribution >= 4 is 18.1 Å². The van der Waals surface area contributed by atoms with Crippen LogP contribution in [0.3, 0.4) is 0 Å². The van der Waals surface area contributed by atoms with Crippen LogP contribution in [0.1, 0.15) is 25.8 Å². The molecule has 0 aliphatic carbocycles. The number of carbonyl (C=O) groups is 2. The highest BCUT2D eigenvalue weighted by molar-refractivity contribution is 6.28. The van der Waals surface area contributed by atoms with E-state index in [1.165, 1.54) is 0 Å². The van der Waals surface area contributed by atoms with Crippen LogP contribution in [-0.2, 0) is 16.1 Å². The topological polar surface area (TPSA) is 91.8 Å². The van der Waals surface area contributed by atoms with Gasteiger partial charge in [-0.05, 0) is 11.5 Å². The second-order valence-corrected chi connectivity index (χ2v) is 4.72. The Hall–Kier alpha value is -2.46. The molecule has 0 heterocycles. The van der Waals surface area contributed by atoms with Crippen molar-refractivity contribution in [1.29, 1.82) is 0 Å². The first-order valence-corrected chi connectivity index (χ1v) is 6.77. The number of hydrogen-bond acceptors (Lipinski definition) is 3. The van der Waals surface area contributed by atoms with E-state index in [0.29, 0.717) is 6.42 Å². The van der Waals surface area contributed by atoms with Crippen LogP contribution >= 0.6 is 0 Å². The number of alkyl carbamates (subject to hydrolysis) is 1. The van der Waals surface area contributed by atoms with E-state index >= 15 is 0 Å². The molecular weight excluding hydrogens is 270 g/mol. The standard InChI is InChI=1S/C15H19N3O3/c1-3-11(2)14(13(19)9-17-16)18-15(20)21-10-12-7-5-4-6-8-12/h4-9,11,14H,3,10H2,1-2H3,(H,18,20)/t11-,14-/m0/s1. The normalized spacial score (nSPS) is 12.7. The average Bonchev–Trinajstić information content (AvgIpc) is 2.51. The van der Waals surface area contributed by atoms with Gasteiger partial charge in [0.1, 0.15) is 12.6 Å². The third-order valence-corrected chi connectivity index (χ3v) is 3.19. The van der Waals surface area contributed by atoms with E-state index in [2.05, 4.69) is 10.1 Å². The monoisotopic (exact) mass is 289 g/mol. The van der Waals surface area contributed by atoms with Crippen molar-refractivity contribution in [1.82, 2.24) is 5.32 Å². The summed E-state index contributed by atoms with van der Waals surface area (Å²) in [6.07, 6.45) is 0.798. The molecule has 21 heavy (non-hydrogen) atoms. The van der Waals surface area contributed by atoms with E-state index in [0.717, 1.165) is 11.8 Å². The molecule has 0 saturated heterocycles. The summed E-state index contributed by atoms with van der Waals surface area (Å²) >= 11 is 0. The SMILES string of the molecule is CC[C@H](C)[C@H](NC(=O)OCc1ccccc1)C(=O)C=[N+]=[N-]. The molecule has 0 radical (unpaired) electrons. The van der Waals surface area contributed by atoms with Gasteiger partial charge in [0, 0.05) is 0 Å². The van der Waals surface area contributed by atoms with E-state index in [1.54, 1.807) is 0 Å². The number of ether oxygens (including phenoxy) is 1. The Balaban J connectivity index is 2.59. The lowest BCUT2D eigenvalue weighted by molar-refractivity contribution is -0.118. The minimum Gasteiger partial charge on any atom is -0.445 e. The predicted octanol–water partition coefficient (Wildman–Crippen LogP) is 2.20. The molecule has 2 atom stereocenters. The van der Waals surface area contributed by atoms with Gasteiger partial charge in [-0.1, -0.05) is 50.6 Å². The van der Waals surface area contributed by atoms with Gasteiger partial charge in [0.15, 0.2) is 0 Å². The van der Waals surface area contributed by atoms with E-state index in [1.807, 2.05) is 44.2 Å². The van der Waals surface area contributed by atoms with Gasteiger partial charge in [-0.2, -0.15) is 4.79 Å². The predicted molar refractivity (Wildman–Crippen MR) is 77.7 cm³/mol. The number of nitrogens with one attached hydrogen (secondary N) is 1. The molecule has 112 valence electrons. The first-order valence-electron chi connectivity index (χ1n) is 6.77. The zero-order valence-corrected chi connectivity index (χ0v) is 12.2. The van der Waals surface area contributed by atoms with Crippen molar-refractivity contribution in [2.75, 3.05) is 0 Å². The third-order valence-electron chi connectivity index (χ3n) is 3.19. The van der Waals surface area contributed by atoms with E-state index in [4.69, 9.17) is 10.3 Å². The Labute approximate surface area is 123 Å². The van der Waals surface area contributed by atoms with E-state index in [9.17, 15) is 9.59 Å². The molecule has 1 N–H and O–H groups in total. The van der Waals surface area contributed by atoms with Crippen LogP contribution in [0.15, 0.2) is 30.3 Å². The molecule has 6 nitrogen and oxygen atoms in total. The summed E-state index contributed by atoms with van der Waals surface area (Å²) in [5.41, 5.74) is 9.29. The summed E-state index contributed by atoms with van der Waals surface area (Å²) in [5.74, 6) is -0.566. The molecule has 1 amide bonds. The van der Waals surface area contributed by atoms with Gasteiger partial charge >= 0.3 is 12.3 Å². The van der Waals surface area contributed by atoms with Crippen molar-refractivity contribution in [2.45, 2.75) is 32.9 Å². The van der Waals surface area contributed by atoms with Crippen molar-refractivity contribution in [3.05, 3.63) is 41.4 Å². The quantitative estimate of drug-likeness (QED) is 0.474. The number of nitrogens with zero attached hydrogens (tertiary/aromatic N) is 2. The van der Waals surface area contributed by atoms with Gasteiger partial charge in [-0.15, -0.1) is 0 Å². The van der Waals surface area contributed by atoms with Crippen molar-refractivity contribution < 1.29 is 19.1 Å². The van der Waals surface area contributed by atoms with Crippen LogP contribution in [0, 0.1) is 5.92 Å². The van der Waals surface area contributed by atoms with Crippen LogP contribution in [-0.4, -0.2) is 28.9 Å². The highest BCUT2D eigenvalue weighted by Gasteiger charge is 2.27. The first kappa shape index (κ1) is 16.6. The molecular formula is C15H19N3O3. The maximum atomic E-state index is 11.8. The van der Waals surface area contributed by atoms with Gasteiger partial charge in [0.2, 0.25) is 0 Å². The fourth-order valence-electron chi connectivity index (χ4n) is 1.76. The molecule has 0 aliphatic rings. The van der Waals surface area contributed by atoms with Crippen LogP contribution in [0.2, 0.25) is 0 Å². The summed E-state index contributed by atoms with van der Waals surface area (Å²) in [6, 6.07) is 8.47. The van der Waals surface area contributed by atoms with Crippen LogP contribution in [0.4, 0.5) is 4.79 Å². The number of amides is 1. The van der Waals surface area contributed by atoms with Crippen molar-refractivity contribution in [3.8, 4) is 0 Å². The maximum absolute atomic E-state index is 11.8. The summed E-state index contributed by atoms with van der Waals surface area (Å²) in [4.78, 5) is 26.2. The molecule has 0 spiro atoms. The van der Waals surface area contributed by atoms with Crippen molar-refractivity contribution in [2.24, 2.45) is 5.92 Å². The van der Waals surface area contributed by atoms with E-state index in [-0.39, 0.29) is 12.5 Å². The smallest absolute Gasteiger partial charge is 0.408 e. The van der Waals surface area contributed by atoms with Crippen LogP contribution in [0.5, 0.6) is 0 Å². The number of hydrogen-bond donors (Lipinski definition) is 1. The average molecular weight is 289 g/mol. The Morgan fingerprint density at radius 1 is 1.38 bits per heavy atom. The molecule has 1 rings (SSSR count). The third kappa shape index (κ3) is 5.58. The minimum atomic E-state index is -0.769. The molecule has 0 bridgehead atoms. The molecule has 0 aliphatic heterocycles. The van der Waals surface area contributed by atoms with E-state index < -0.39 is 17.9 Å². The zero-order valence-electron chi connectivity index (χ0n) is 12.2. The molecule has 1 aromatic rings. The lowest BCUT2D eigenvalue weighted by Crippen LogP contribution is -2.45. The number of ketones is 1. The number of carbonyl (C=O) groups excluding carboxylic acids is 2. The Morgan fingerprint density at radius 2 is 2.05 bits per heavy atom. The fourth-order valence-corrected chi connectivity index (χ4v) is 1.76. The van der Waals surface area contributed by atoms with Gasteiger partial charge < -0.3 is 15.6 Å². The number of benzene rings is 1. The van der Waals surface area contributed by atoms with Gasteiger partial charge in [-0.25, -0.2) is 4.79 Å². The Kier molecular flexibility index (Phi) is 6.84. The van der Waals surface area contributed by atoms with Gasteiger partial charge in [-0.3, -0.25) is 4.79 Å². The van der Waals surface area contributed by atoms with Crippen LogP contribution < -0.4 is 5.32 Å². The molecule has 0 saturated carbocycles. The van der Waals surface area contributed by atoms with Gasteiger partial charge in [0.05, 0.1) is 0 Å². The van der Waals surface area contributed by atoms with Crippen LogP contribution in [0.25, 0.3) is 5.53 Å². The maximum Gasteiger partial charge on any atom is 0.408 e. The molecule has 0 aromatic heterocycles. The molecule has 0 unspecified atom stereocenters. The second kappa shape index (κ2) is 8.66. The largest absolute Gasteiger partial charge is 0.445 e. The number of Topliss-reactive ketones (excluding diaryl/α,β-unsaturated/α-hetero) is 1. The zero-order chi connectivity index (χ0) is 15.7. The molecule has 0 fully saturated rings. The second-order valence-electron chi connectivity index (χ2n) is 4.72. The first-order chi connectivity index (χ1) is 10.1. The Bertz CT molecular complexity index is 524. The van der Waals surface area contributed by atoms with Crippen molar-refractivity contribution in [3.63, 3.8) is 0 Å². The summed E-state index contributed by atoms with van der Waals surface area (Å²) in [7, 11) is 0. The number of rotatable bonds is 7. The van der Waals surface area contributed by atoms with Gasteiger partial charge in [0.25, 0.3) is 5.78 Å².